The molecule has 0 aliphatic heterocycles. The molecule has 8 heteroatoms. The van der Waals surface area contributed by atoms with Crippen LogP contribution in [-0.4, -0.2) is 14.3 Å². The molecule has 0 aliphatic rings. The van der Waals surface area contributed by atoms with Crippen LogP contribution in [0.2, 0.25) is 10.0 Å². The zero-order valence-corrected chi connectivity index (χ0v) is 16.3. The SMILES string of the molecule is Cc1cc(C(=O)NC(C)c2ccc(Cl)cc2Cl)cc(S(N)(=O)=O)c1C. The van der Waals surface area contributed by atoms with Gasteiger partial charge in [-0.1, -0.05) is 29.3 Å². The zero-order chi connectivity index (χ0) is 18.9. The maximum absolute atomic E-state index is 12.5. The number of nitrogens with two attached hydrogens (primary N) is 1. The van der Waals surface area contributed by atoms with Crippen LogP contribution in [-0.2, 0) is 10.0 Å². The van der Waals surface area contributed by atoms with Gasteiger partial charge in [0, 0.05) is 15.6 Å². The van der Waals surface area contributed by atoms with Gasteiger partial charge in [-0.2, -0.15) is 0 Å². The summed E-state index contributed by atoms with van der Waals surface area (Å²) in [5.41, 5.74) is 2.10. The fourth-order valence-corrected chi connectivity index (χ4v) is 3.92. The Morgan fingerprint density at radius 3 is 2.36 bits per heavy atom. The van der Waals surface area contributed by atoms with Crippen LogP contribution in [0.1, 0.15) is 40.0 Å². The molecule has 2 rings (SSSR count). The van der Waals surface area contributed by atoms with Gasteiger partial charge in [-0.25, -0.2) is 13.6 Å². The van der Waals surface area contributed by atoms with Gasteiger partial charge in [-0.05, 0) is 61.7 Å². The van der Waals surface area contributed by atoms with E-state index in [2.05, 4.69) is 5.32 Å². The number of carbonyl (C=O) groups is 1. The first-order valence-corrected chi connectivity index (χ1v) is 9.70. The number of amides is 1. The largest absolute Gasteiger partial charge is 0.345 e. The summed E-state index contributed by atoms with van der Waals surface area (Å²) in [4.78, 5) is 12.5. The second kappa shape index (κ2) is 7.33. The molecule has 0 saturated carbocycles. The first-order valence-electron chi connectivity index (χ1n) is 7.40. The number of aryl methyl sites for hydroxylation is 1. The Labute approximate surface area is 157 Å². The van der Waals surface area contributed by atoms with Gasteiger partial charge in [0.25, 0.3) is 5.91 Å². The summed E-state index contributed by atoms with van der Waals surface area (Å²) >= 11 is 12.0. The van der Waals surface area contributed by atoms with Gasteiger partial charge in [0.1, 0.15) is 0 Å². The highest BCUT2D eigenvalue weighted by atomic mass is 35.5. The van der Waals surface area contributed by atoms with Gasteiger partial charge in [0.2, 0.25) is 10.0 Å². The van der Waals surface area contributed by atoms with Crippen LogP contribution in [0.25, 0.3) is 0 Å². The van der Waals surface area contributed by atoms with Crippen LogP contribution < -0.4 is 10.5 Å². The van der Waals surface area contributed by atoms with E-state index < -0.39 is 22.0 Å². The van der Waals surface area contributed by atoms with Crippen molar-refractivity contribution >= 4 is 39.1 Å². The summed E-state index contributed by atoms with van der Waals surface area (Å²) < 4.78 is 23.4. The molecule has 5 nitrogen and oxygen atoms in total. The van der Waals surface area contributed by atoms with E-state index in [9.17, 15) is 13.2 Å². The first kappa shape index (κ1) is 19.7. The molecule has 0 radical (unpaired) electrons. The van der Waals surface area contributed by atoms with E-state index in [0.717, 1.165) is 0 Å². The average Bonchev–Trinajstić information content (AvgIpc) is 2.48. The normalized spacial score (nSPS) is 12.7. The molecule has 2 aromatic rings. The molecule has 3 N–H and O–H groups in total. The smallest absolute Gasteiger partial charge is 0.251 e. The van der Waals surface area contributed by atoms with Crippen molar-refractivity contribution in [2.75, 3.05) is 0 Å². The third kappa shape index (κ3) is 4.52. The molecule has 0 bridgehead atoms. The molecule has 25 heavy (non-hydrogen) atoms. The molecule has 0 fully saturated rings. The maximum Gasteiger partial charge on any atom is 0.251 e. The molecule has 1 amide bonds. The Kier molecular flexibility index (Phi) is 5.79. The highest BCUT2D eigenvalue weighted by Gasteiger charge is 2.19. The van der Waals surface area contributed by atoms with E-state index in [1.807, 2.05) is 0 Å². The van der Waals surface area contributed by atoms with Crippen LogP contribution in [0.15, 0.2) is 35.2 Å². The summed E-state index contributed by atoms with van der Waals surface area (Å²) in [5.74, 6) is -0.425. The minimum atomic E-state index is -3.92. The van der Waals surface area contributed by atoms with Crippen molar-refractivity contribution in [1.82, 2.24) is 5.32 Å². The van der Waals surface area contributed by atoms with Crippen LogP contribution in [0.4, 0.5) is 0 Å². The highest BCUT2D eigenvalue weighted by molar-refractivity contribution is 7.89. The number of halogens is 2. The number of primary sulfonamides is 1. The Bertz CT molecular complexity index is 943. The highest BCUT2D eigenvalue weighted by Crippen LogP contribution is 2.27. The second-order valence-corrected chi connectivity index (χ2v) is 8.20. The predicted octanol–water partition coefficient (Wildman–Crippen LogP) is 3.75. The van der Waals surface area contributed by atoms with E-state index in [-0.39, 0.29) is 10.5 Å². The van der Waals surface area contributed by atoms with Crippen LogP contribution in [0.3, 0.4) is 0 Å². The molecule has 0 heterocycles. The lowest BCUT2D eigenvalue weighted by atomic mass is 10.0. The quantitative estimate of drug-likeness (QED) is 0.818. The lowest BCUT2D eigenvalue weighted by Crippen LogP contribution is -2.27. The summed E-state index contributed by atoms with van der Waals surface area (Å²) in [5, 5.41) is 8.96. The first-order chi connectivity index (χ1) is 11.5. The van der Waals surface area contributed by atoms with E-state index in [0.29, 0.717) is 26.7 Å². The second-order valence-electron chi connectivity index (χ2n) is 5.82. The van der Waals surface area contributed by atoms with Crippen molar-refractivity contribution in [3.05, 3.63) is 62.6 Å². The molecule has 1 atom stereocenters. The summed E-state index contributed by atoms with van der Waals surface area (Å²) in [7, 11) is -3.92. The fraction of sp³-hybridized carbons (Fsp3) is 0.235. The molecule has 1 unspecified atom stereocenters. The van der Waals surface area contributed by atoms with Crippen molar-refractivity contribution in [2.45, 2.75) is 31.7 Å². The average molecular weight is 401 g/mol. The Morgan fingerprint density at radius 2 is 1.80 bits per heavy atom. The molecule has 0 spiro atoms. The van der Waals surface area contributed by atoms with Crippen LogP contribution in [0.5, 0.6) is 0 Å². The molecular weight excluding hydrogens is 383 g/mol. The van der Waals surface area contributed by atoms with Crippen molar-refractivity contribution < 1.29 is 13.2 Å². The third-order valence-electron chi connectivity index (χ3n) is 3.97. The van der Waals surface area contributed by atoms with Gasteiger partial charge in [-0.3, -0.25) is 4.79 Å². The van der Waals surface area contributed by atoms with Crippen LogP contribution >= 0.6 is 23.2 Å². The third-order valence-corrected chi connectivity index (χ3v) is 5.56. The Hall–Kier alpha value is -1.60. The molecule has 134 valence electrons. The molecular formula is C17H18Cl2N2O3S. The number of hydrogen-bond acceptors (Lipinski definition) is 3. The van der Waals surface area contributed by atoms with Gasteiger partial charge >= 0.3 is 0 Å². The van der Waals surface area contributed by atoms with E-state index >= 15 is 0 Å². The van der Waals surface area contributed by atoms with Gasteiger partial charge < -0.3 is 5.32 Å². The molecule has 2 aromatic carbocycles. The fourth-order valence-electron chi connectivity index (χ4n) is 2.46. The standard InChI is InChI=1S/C17H18Cl2N2O3S/c1-9-6-12(7-16(10(9)2)25(20,23)24)17(22)21-11(3)14-5-4-13(18)8-15(14)19/h4-8,11H,1-3H3,(H,21,22)(H2,20,23,24). The molecule has 0 saturated heterocycles. The summed E-state index contributed by atoms with van der Waals surface area (Å²) in [6.07, 6.45) is 0. The topological polar surface area (TPSA) is 89.3 Å². The monoisotopic (exact) mass is 400 g/mol. The van der Waals surface area contributed by atoms with Gasteiger partial charge in [0.05, 0.1) is 10.9 Å². The number of rotatable bonds is 4. The van der Waals surface area contributed by atoms with Crippen molar-refractivity contribution in [3.8, 4) is 0 Å². The molecule has 0 aliphatic carbocycles. The number of sulfonamides is 1. The van der Waals surface area contributed by atoms with Crippen molar-refractivity contribution in [3.63, 3.8) is 0 Å². The predicted molar refractivity (Wildman–Crippen MR) is 99.6 cm³/mol. The number of nitrogens with one attached hydrogen (secondary N) is 1. The van der Waals surface area contributed by atoms with E-state index in [4.69, 9.17) is 28.3 Å². The van der Waals surface area contributed by atoms with Gasteiger partial charge in [0.15, 0.2) is 0 Å². The van der Waals surface area contributed by atoms with Crippen LogP contribution in [0, 0.1) is 13.8 Å². The number of benzene rings is 2. The minimum Gasteiger partial charge on any atom is -0.345 e. The van der Waals surface area contributed by atoms with Crippen molar-refractivity contribution in [1.29, 1.82) is 0 Å². The number of carbonyl (C=O) groups excluding carboxylic acids is 1. The van der Waals surface area contributed by atoms with E-state index in [1.54, 1.807) is 45.0 Å². The lowest BCUT2D eigenvalue weighted by molar-refractivity contribution is 0.0939. The Morgan fingerprint density at radius 1 is 1.16 bits per heavy atom. The van der Waals surface area contributed by atoms with E-state index in [1.165, 1.54) is 6.07 Å². The minimum absolute atomic E-state index is 0.0603. The molecule has 0 aromatic heterocycles. The van der Waals surface area contributed by atoms with Crippen molar-refractivity contribution in [2.24, 2.45) is 5.14 Å². The summed E-state index contributed by atoms with van der Waals surface area (Å²) in [6.45, 7) is 5.14. The Balaban J connectivity index is 2.34. The van der Waals surface area contributed by atoms with Gasteiger partial charge in [-0.15, -0.1) is 0 Å². The summed E-state index contributed by atoms with van der Waals surface area (Å²) in [6, 6.07) is 7.51. The zero-order valence-electron chi connectivity index (χ0n) is 13.9. The number of hydrogen-bond donors (Lipinski definition) is 2. The lowest BCUT2D eigenvalue weighted by Gasteiger charge is -2.17. The maximum atomic E-state index is 12.5.